The molecule has 0 aromatic carbocycles. The summed E-state index contributed by atoms with van der Waals surface area (Å²) in [5, 5.41) is 8.91. The molecule has 21 heavy (non-hydrogen) atoms. The molecule has 1 aliphatic rings. The number of hydrogen-bond acceptors (Lipinski definition) is 2. The van der Waals surface area contributed by atoms with Gasteiger partial charge in [0.2, 0.25) is 0 Å². The van der Waals surface area contributed by atoms with Crippen LogP contribution >= 0.6 is 0 Å². The third-order valence-electron chi connectivity index (χ3n) is 4.35. The van der Waals surface area contributed by atoms with Crippen LogP contribution in [0.5, 0.6) is 0 Å². The van der Waals surface area contributed by atoms with Gasteiger partial charge in [-0.05, 0) is 29.5 Å². The van der Waals surface area contributed by atoms with Crippen molar-refractivity contribution in [2.45, 2.75) is 96.4 Å². The minimum absolute atomic E-state index is 0. The van der Waals surface area contributed by atoms with E-state index in [0.717, 1.165) is 12.8 Å². The summed E-state index contributed by atoms with van der Waals surface area (Å²) in [5.41, 5.74) is 1.42. The van der Waals surface area contributed by atoms with Crippen LogP contribution in [-0.4, -0.2) is 35.3 Å². The van der Waals surface area contributed by atoms with Crippen LogP contribution in [0.4, 0.5) is 0 Å². The van der Waals surface area contributed by atoms with Gasteiger partial charge >= 0.3 is 0 Å². The third-order valence-corrected chi connectivity index (χ3v) is 9.90. The van der Waals surface area contributed by atoms with Crippen molar-refractivity contribution in [3.8, 4) is 0 Å². The van der Waals surface area contributed by atoms with Crippen molar-refractivity contribution >= 4 is 8.32 Å². The molecule has 4 nitrogen and oxygen atoms in total. The van der Waals surface area contributed by atoms with Gasteiger partial charge in [-0.25, -0.2) is 0 Å². The monoisotopic (exact) mass is 400 g/mol. The van der Waals surface area contributed by atoms with E-state index in [1.807, 2.05) is 0 Å². The molecule has 0 radical (unpaired) electrons. The molecule has 1 rings (SSSR count). The van der Waals surface area contributed by atoms with E-state index in [9.17, 15) is 4.80 Å². The van der Waals surface area contributed by atoms with Gasteiger partial charge in [-0.1, -0.05) is 60.8 Å². The Morgan fingerprint density at radius 3 is 1.14 bits per heavy atom. The summed E-state index contributed by atoms with van der Waals surface area (Å²) >= 11 is 0. The summed E-state index contributed by atoms with van der Waals surface area (Å²) < 4.78 is 0. The van der Waals surface area contributed by atoms with Crippen molar-refractivity contribution in [3.05, 3.63) is 0 Å². The Kier molecular flexibility index (Phi) is 20.7. The first-order chi connectivity index (χ1) is 8.22. The van der Waals surface area contributed by atoms with Crippen LogP contribution in [0.3, 0.4) is 0 Å². The van der Waals surface area contributed by atoms with Gasteiger partial charge < -0.3 is 20.9 Å². The Morgan fingerprint density at radius 2 is 1.05 bits per heavy atom. The fourth-order valence-corrected chi connectivity index (χ4v) is 7.08. The topological polar surface area (TPSA) is 103 Å². The van der Waals surface area contributed by atoms with E-state index in [0.29, 0.717) is 16.6 Å². The van der Waals surface area contributed by atoms with Crippen molar-refractivity contribution in [1.82, 2.24) is 0 Å². The molecule has 6 heteroatoms. The SMILES string of the molecule is CC(C)[Si](O)(C(C)C)C(C)C.O.O.OC1CCCCC1.[Zr]. The second-order valence-corrected chi connectivity index (χ2v) is 11.9. The van der Waals surface area contributed by atoms with E-state index in [4.69, 9.17) is 5.11 Å². The van der Waals surface area contributed by atoms with Gasteiger partial charge in [-0.2, -0.15) is 0 Å². The maximum absolute atomic E-state index is 10.4. The average Bonchev–Trinajstić information content (AvgIpc) is 2.28. The van der Waals surface area contributed by atoms with Crippen molar-refractivity contribution in [3.63, 3.8) is 0 Å². The molecule has 0 aromatic rings. The van der Waals surface area contributed by atoms with Crippen LogP contribution in [0.1, 0.15) is 73.6 Å². The Labute approximate surface area is 151 Å². The van der Waals surface area contributed by atoms with Crippen LogP contribution in [0.2, 0.25) is 16.6 Å². The molecule has 0 unspecified atom stereocenters. The molecule has 1 aliphatic carbocycles. The molecular formula is C15H38O4SiZr. The molecule has 1 fully saturated rings. The molecule has 0 amide bonds. The summed E-state index contributed by atoms with van der Waals surface area (Å²) in [6.45, 7) is 12.9. The van der Waals surface area contributed by atoms with Crippen molar-refractivity contribution in [1.29, 1.82) is 0 Å². The van der Waals surface area contributed by atoms with E-state index in [-0.39, 0.29) is 43.3 Å². The van der Waals surface area contributed by atoms with E-state index in [1.165, 1.54) is 19.3 Å². The molecule has 0 bridgehead atoms. The molecule has 1 saturated carbocycles. The first-order valence-electron chi connectivity index (χ1n) is 7.63. The Morgan fingerprint density at radius 1 is 0.762 bits per heavy atom. The molecule has 6 N–H and O–H groups in total. The Balaban J connectivity index is -0.000000127. The normalized spacial score (nSPS) is 15.6. The second kappa shape index (κ2) is 14.5. The van der Waals surface area contributed by atoms with Crippen LogP contribution < -0.4 is 0 Å². The Bertz CT molecular complexity index is 198. The van der Waals surface area contributed by atoms with Crippen molar-refractivity contribution in [2.24, 2.45) is 0 Å². The molecule has 0 spiro atoms. The summed E-state index contributed by atoms with van der Waals surface area (Å²) in [5.74, 6) is 0. The first kappa shape index (κ1) is 29.9. The van der Waals surface area contributed by atoms with Gasteiger partial charge in [0, 0.05) is 26.2 Å². The molecule has 0 atom stereocenters. The molecule has 0 heterocycles. The van der Waals surface area contributed by atoms with Gasteiger partial charge in [0.25, 0.3) is 0 Å². The van der Waals surface area contributed by atoms with Gasteiger partial charge in [0.1, 0.15) is 0 Å². The summed E-state index contributed by atoms with van der Waals surface area (Å²) in [4.78, 5) is 10.4. The standard InChI is InChI=1S/C9H22OSi.C6H12O.2H2O.Zr/c1-7(2)11(10,8(3)4)9(5)6;7-6-4-2-1-3-5-6;;;/h7-10H,1-6H3;6-7H,1-5H2;2*1H2;. The zero-order valence-corrected chi connectivity index (χ0v) is 18.2. The smallest absolute Gasteiger partial charge is 0.196 e. The second-order valence-electron chi connectivity index (χ2n) is 6.64. The van der Waals surface area contributed by atoms with Gasteiger partial charge in [-0.15, -0.1) is 0 Å². The largest absolute Gasteiger partial charge is 0.431 e. The fraction of sp³-hybridized carbons (Fsp3) is 1.00. The number of hydrogen-bond donors (Lipinski definition) is 2. The maximum atomic E-state index is 10.4. The van der Waals surface area contributed by atoms with E-state index < -0.39 is 8.32 Å². The van der Waals surface area contributed by atoms with E-state index in [2.05, 4.69) is 41.5 Å². The van der Waals surface area contributed by atoms with Gasteiger partial charge in [0.15, 0.2) is 8.32 Å². The number of rotatable bonds is 3. The van der Waals surface area contributed by atoms with Crippen molar-refractivity contribution in [2.75, 3.05) is 0 Å². The summed E-state index contributed by atoms with van der Waals surface area (Å²) in [6.07, 6.45) is 5.92. The minimum Gasteiger partial charge on any atom is -0.431 e. The quantitative estimate of drug-likeness (QED) is 0.710. The Hall–Kier alpha value is 0.940. The molecule has 130 valence electrons. The van der Waals surface area contributed by atoms with Crippen LogP contribution in [0, 0.1) is 0 Å². The number of aliphatic hydroxyl groups is 1. The van der Waals surface area contributed by atoms with E-state index in [1.54, 1.807) is 0 Å². The maximum Gasteiger partial charge on any atom is 0.196 e. The zero-order chi connectivity index (χ0) is 14.3. The molecule has 0 saturated heterocycles. The van der Waals surface area contributed by atoms with Crippen LogP contribution in [0.25, 0.3) is 0 Å². The summed E-state index contributed by atoms with van der Waals surface area (Å²) in [7, 11) is -1.98. The number of aliphatic hydroxyl groups excluding tert-OH is 1. The summed E-state index contributed by atoms with van der Waals surface area (Å²) in [6, 6.07) is 0. The van der Waals surface area contributed by atoms with E-state index >= 15 is 0 Å². The molecule has 0 aromatic heterocycles. The van der Waals surface area contributed by atoms with Crippen LogP contribution in [-0.2, 0) is 26.2 Å². The van der Waals surface area contributed by atoms with Gasteiger partial charge in [-0.3, -0.25) is 0 Å². The minimum atomic E-state index is -1.98. The average molecular weight is 402 g/mol. The van der Waals surface area contributed by atoms with Crippen LogP contribution in [0.15, 0.2) is 0 Å². The fourth-order valence-electron chi connectivity index (χ4n) is 3.08. The third kappa shape index (κ3) is 10.4. The predicted molar refractivity (Wildman–Crippen MR) is 89.6 cm³/mol. The zero-order valence-electron chi connectivity index (χ0n) is 14.7. The molecule has 0 aliphatic heterocycles. The predicted octanol–water partition coefficient (Wildman–Crippen LogP) is 2.81. The first-order valence-corrected chi connectivity index (χ1v) is 9.81. The molecular weight excluding hydrogens is 363 g/mol. The van der Waals surface area contributed by atoms with Gasteiger partial charge in [0.05, 0.1) is 6.10 Å². The van der Waals surface area contributed by atoms with Crippen molar-refractivity contribution < 1.29 is 47.1 Å².